The lowest BCUT2D eigenvalue weighted by atomic mass is 9.85. The fourth-order valence-electron chi connectivity index (χ4n) is 9.97. The third-order valence-electron chi connectivity index (χ3n) is 13.2. The van der Waals surface area contributed by atoms with Crippen molar-refractivity contribution in [1.29, 1.82) is 0 Å². The number of aromatic nitrogens is 9. The molecular weight excluding hydrogens is 813 g/mol. The summed E-state index contributed by atoms with van der Waals surface area (Å²) in [6.07, 6.45) is 11.7. The number of rotatable bonds is 14. The van der Waals surface area contributed by atoms with Crippen LogP contribution in [0.2, 0.25) is 0 Å². The van der Waals surface area contributed by atoms with Crippen molar-refractivity contribution in [2.24, 2.45) is 5.92 Å². The molecule has 19 heteroatoms. The number of nitrogens with one attached hydrogen (secondary N) is 2. The fourth-order valence-corrected chi connectivity index (χ4v) is 9.97. The van der Waals surface area contributed by atoms with E-state index in [1.54, 1.807) is 16.9 Å². The van der Waals surface area contributed by atoms with Crippen LogP contribution in [-0.2, 0) is 0 Å². The zero-order valence-corrected chi connectivity index (χ0v) is 35.8. The van der Waals surface area contributed by atoms with Crippen LogP contribution in [0.25, 0.3) is 27.7 Å². The zero-order chi connectivity index (χ0) is 43.8. The van der Waals surface area contributed by atoms with Gasteiger partial charge in [0.1, 0.15) is 23.8 Å². The minimum Gasteiger partial charge on any atom is -0.395 e. The number of carbonyl (C=O) groups excluding carboxylic acids is 1. The van der Waals surface area contributed by atoms with Crippen LogP contribution in [0.3, 0.4) is 0 Å². The van der Waals surface area contributed by atoms with E-state index >= 15 is 0 Å². The lowest BCUT2D eigenvalue weighted by Gasteiger charge is -2.36. The molecule has 1 amide bonds. The monoisotopic (exact) mass is 869 g/mol. The van der Waals surface area contributed by atoms with Crippen molar-refractivity contribution in [3.05, 3.63) is 72.2 Å². The number of hydrogen-bond acceptors (Lipinski definition) is 12. The average Bonchev–Trinajstić information content (AvgIpc) is 4.10. The Bertz CT molecular complexity index is 2510. The summed E-state index contributed by atoms with van der Waals surface area (Å²) in [6.45, 7) is 7.95. The predicted molar refractivity (Wildman–Crippen MR) is 233 cm³/mol. The van der Waals surface area contributed by atoms with E-state index in [9.17, 15) is 28.9 Å². The lowest BCUT2D eigenvalue weighted by Crippen LogP contribution is -2.48. The molecule has 0 bridgehead atoms. The number of benzene rings is 1. The minimum absolute atomic E-state index is 0.0219. The van der Waals surface area contributed by atoms with Crippen molar-refractivity contribution >= 4 is 34.0 Å². The molecule has 17 nitrogen and oxygen atoms in total. The number of alkyl halides is 2. The lowest BCUT2D eigenvalue weighted by molar-refractivity contribution is -0.0297. The molecule has 2 saturated heterocycles. The molecular formula is C44H57F2N13O4. The SMILES string of the molecule is CCCN(CCO)c1ccn2ncc(C(=O)Nc3cn(C4CCC(CN5CCC(n6cc(-c7cccc8c7c(C)nn8[C@@H]7CC[C@@H](O)N[C@@H]7O)cn6)CC5)CC4)nc3C(F)F)c2n1. The van der Waals surface area contributed by atoms with Gasteiger partial charge in [-0.15, -0.1) is 0 Å². The number of likely N-dealkylation sites (tertiary alicyclic amines) is 1. The third-order valence-corrected chi connectivity index (χ3v) is 13.2. The van der Waals surface area contributed by atoms with E-state index < -0.39 is 30.5 Å². The number of amides is 1. The first-order valence-corrected chi connectivity index (χ1v) is 22.3. The van der Waals surface area contributed by atoms with Crippen molar-refractivity contribution in [3.8, 4) is 11.1 Å². The van der Waals surface area contributed by atoms with Gasteiger partial charge in [-0.05, 0) is 88.3 Å². The Kier molecular flexibility index (Phi) is 12.5. The van der Waals surface area contributed by atoms with Gasteiger partial charge in [-0.25, -0.2) is 18.3 Å². The molecule has 5 aromatic heterocycles. The second-order valence-corrected chi connectivity index (χ2v) is 17.4. The predicted octanol–water partition coefficient (Wildman–Crippen LogP) is 5.48. The van der Waals surface area contributed by atoms with Gasteiger partial charge in [-0.1, -0.05) is 19.1 Å². The van der Waals surface area contributed by atoms with Gasteiger partial charge in [-0.2, -0.15) is 20.4 Å². The van der Waals surface area contributed by atoms with Gasteiger partial charge in [0.2, 0.25) is 0 Å². The van der Waals surface area contributed by atoms with Gasteiger partial charge in [-0.3, -0.25) is 24.2 Å². The molecule has 3 aliphatic rings. The molecule has 3 fully saturated rings. The molecule has 2 aliphatic heterocycles. The van der Waals surface area contributed by atoms with Crippen molar-refractivity contribution in [2.75, 3.05) is 49.5 Å². The van der Waals surface area contributed by atoms with E-state index in [0.29, 0.717) is 37.7 Å². The first kappa shape index (κ1) is 42.9. The van der Waals surface area contributed by atoms with Crippen LogP contribution < -0.4 is 15.5 Å². The number of halogens is 2. The van der Waals surface area contributed by atoms with E-state index in [1.807, 2.05) is 41.8 Å². The highest BCUT2D eigenvalue weighted by atomic mass is 19.3. The van der Waals surface area contributed by atoms with Crippen LogP contribution >= 0.6 is 0 Å². The Morgan fingerprint density at radius 2 is 1.75 bits per heavy atom. The van der Waals surface area contributed by atoms with E-state index in [4.69, 9.17) is 10.2 Å². The number of hydrogen-bond donors (Lipinski definition) is 5. The van der Waals surface area contributed by atoms with E-state index in [0.717, 1.165) is 92.3 Å². The minimum atomic E-state index is -2.87. The highest BCUT2D eigenvalue weighted by molar-refractivity contribution is 6.08. The highest BCUT2D eigenvalue weighted by Crippen LogP contribution is 2.38. The zero-order valence-electron chi connectivity index (χ0n) is 35.8. The molecule has 3 atom stereocenters. The summed E-state index contributed by atoms with van der Waals surface area (Å²) < 4.78 is 35.7. The number of anilines is 2. The van der Waals surface area contributed by atoms with Crippen LogP contribution in [0.5, 0.6) is 0 Å². The second-order valence-electron chi connectivity index (χ2n) is 17.4. The van der Waals surface area contributed by atoms with Crippen LogP contribution in [-0.4, -0.2) is 122 Å². The average molecular weight is 870 g/mol. The van der Waals surface area contributed by atoms with Gasteiger partial charge in [0.25, 0.3) is 12.3 Å². The molecule has 5 N–H and O–H groups in total. The van der Waals surface area contributed by atoms with Crippen molar-refractivity contribution in [1.82, 2.24) is 54.2 Å². The van der Waals surface area contributed by atoms with Gasteiger partial charge < -0.3 is 30.4 Å². The summed E-state index contributed by atoms with van der Waals surface area (Å²) in [5.74, 6) is 0.482. The summed E-state index contributed by atoms with van der Waals surface area (Å²) in [5, 5.41) is 55.0. The van der Waals surface area contributed by atoms with Gasteiger partial charge in [0.15, 0.2) is 11.3 Å². The fraction of sp³-hybridized carbons (Fsp3) is 0.545. The molecule has 0 radical (unpaired) electrons. The largest absolute Gasteiger partial charge is 0.395 e. The number of aryl methyl sites for hydroxylation is 1. The molecule has 9 rings (SSSR count). The summed E-state index contributed by atoms with van der Waals surface area (Å²) in [4.78, 5) is 22.6. The topological polar surface area (TPSA) is 192 Å². The quantitative estimate of drug-likeness (QED) is 0.0929. The third kappa shape index (κ3) is 8.80. The molecule has 0 spiro atoms. The standard InChI is InChI=1S/C44H57F2N13O4/c1-3-16-55(20-21-60)37-15-19-56-42(50-37)33(23-48-56)43(62)49-34-26-58(53-40(34)41(45)46)30-9-7-28(8-10-30)24-54-17-13-31(14-18-54)57-25-29(22-47-57)32-5-4-6-35-39(32)27(2)52-59(35)36-11-12-38(61)51-44(36)63/h4-6,15,19,22-23,25-26,28,30-31,36,38,41,44,51,60-61,63H,3,7-14,16-18,20-21,24H2,1-2H3,(H,49,62)/t28?,30?,36-,38-,44-/m1/s1. The molecule has 1 aromatic carbocycles. The van der Waals surface area contributed by atoms with Crippen molar-refractivity contribution in [3.63, 3.8) is 0 Å². The van der Waals surface area contributed by atoms with E-state index in [1.165, 1.54) is 16.9 Å². The Morgan fingerprint density at radius 1 is 0.952 bits per heavy atom. The number of nitrogens with zero attached hydrogens (tertiary/aromatic N) is 11. The normalized spacial score (nSPS) is 22.7. The second kappa shape index (κ2) is 18.4. The van der Waals surface area contributed by atoms with Gasteiger partial charge >= 0.3 is 0 Å². The van der Waals surface area contributed by atoms with Crippen LogP contribution in [0.1, 0.15) is 111 Å². The Hall–Kier alpha value is -5.34. The Morgan fingerprint density at radius 3 is 2.49 bits per heavy atom. The number of piperidine rings is 2. The maximum absolute atomic E-state index is 14.3. The summed E-state index contributed by atoms with van der Waals surface area (Å²) in [6, 6.07) is 7.88. The molecule has 7 heterocycles. The highest BCUT2D eigenvalue weighted by Gasteiger charge is 2.33. The van der Waals surface area contributed by atoms with Gasteiger partial charge in [0, 0.05) is 62.3 Å². The van der Waals surface area contributed by atoms with Crippen molar-refractivity contribution in [2.45, 2.75) is 109 Å². The van der Waals surface area contributed by atoms with Crippen molar-refractivity contribution < 1.29 is 28.9 Å². The molecule has 6 aromatic rings. The van der Waals surface area contributed by atoms with E-state index in [2.05, 4.69) is 47.7 Å². The van der Waals surface area contributed by atoms with E-state index in [-0.39, 0.29) is 41.6 Å². The van der Waals surface area contributed by atoms with Crippen LogP contribution in [0, 0.1) is 12.8 Å². The molecule has 63 heavy (non-hydrogen) atoms. The summed E-state index contributed by atoms with van der Waals surface area (Å²) in [7, 11) is 0. The summed E-state index contributed by atoms with van der Waals surface area (Å²) >= 11 is 0. The smallest absolute Gasteiger partial charge is 0.284 e. The Balaban J connectivity index is 0.788. The number of carbonyl (C=O) groups is 1. The number of fused-ring (bicyclic) bond motifs is 2. The first-order valence-electron chi connectivity index (χ1n) is 22.3. The molecule has 1 saturated carbocycles. The molecule has 336 valence electrons. The van der Waals surface area contributed by atoms with Crippen LogP contribution in [0.15, 0.2) is 55.2 Å². The maximum Gasteiger partial charge on any atom is 0.284 e. The maximum atomic E-state index is 14.3. The number of aliphatic hydroxyl groups excluding tert-OH is 3. The molecule has 1 aliphatic carbocycles. The van der Waals surface area contributed by atoms with Gasteiger partial charge in [0.05, 0.1) is 54.0 Å². The summed E-state index contributed by atoms with van der Waals surface area (Å²) in [5.41, 5.74) is 3.87. The Labute approximate surface area is 363 Å². The molecule has 0 unspecified atom stereocenters. The van der Waals surface area contributed by atoms with Crippen LogP contribution in [0.4, 0.5) is 20.3 Å². The number of aliphatic hydroxyl groups is 3. The first-order chi connectivity index (χ1) is 30.6.